The van der Waals surface area contributed by atoms with Crippen LogP contribution >= 0.6 is 24.0 Å². The van der Waals surface area contributed by atoms with Gasteiger partial charge < -0.3 is 21.1 Å². The summed E-state index contributed by atoms with van der Waals surface area (Å²) < 4.78 is 5.51. The number of ether oxygens (including phenoxy) is 1. The number of halogens is 1. The maximum absolute atomic E-state index is 11.0. The predicted octanol–water partition coefficient (Wildman–Crippen LogP) is 2.28. The molecule has 0 fully saturated rings. The lowest BCUT2D eigenvalue weighted by atomic mass is 10.1. The van der Waals surface area contributed by atoms with E-state index < -0.39 is 5.91 Å². The molecule has 0 bridgehead atoms. The van der Waals surface area contributed by atoms with Crippen molar-refractivity contribution < 1.29 is 9.53 Å². The van der Waals surface area contributed by atoms with Crippen molar-refractivity contribution in [2.75, 3.05) is 26.8 Å². The fourth-order valence-corrected chi connectivity index (χ4v) is 1.92. The summed E-state index contributed by atoms with van der Waals surface area (Å²) >= 11 is 0. The van der Waals surface area contributed by atoms with Crippen molar-refractivity contribution in [1.82, 2.24) is 10.6 Å². The fraction of sp³-hybridized carbons (Fsp3) is 0.529. The van der Waals surface area contributed by atoms with Gasteiger partial charge in [-0.2, -0.15) is 0 Å². The summed E-state index contributed by atoms with van der Waals surface area (Å²) in [5.41, 5.74) is 6.79. The van der Waals surface area contributed by atoms with Gasteiger partial charge in [0.05, 0.1) is 0 Å². The second-order valence-electron chi connectivity index (χ2n) is 5.23. The van der Waals surface area contributed by atoms with Crippen molar-refractivity contribution >= 4 is 35.8 Å². The zero-order valence-corrected chi connectivity index (χ0v) is 16.8. The highest BCUT2D eigenvalue weighted by molar-refractivity contribution is 14.0. The van der Waals surface area contributed by atoms with Gasteiger partial charge in [0.2, 0.25) is 5.91 Å². The van der Waals surface area contributed by atoms with E-state index in [1.807, 2.05) is 12.1 Å². The molecule has 1 rings (SSSR count). The van der Waals surface area contributed by atoms with Crippen molar-refractivity contribution in [3.05, 3.63) is 35.4 Å². The number of carbonyl (C=O) groups excluding carboxylic acids is 1. The molecule has 0 aliphatic rings. The molecule has 1 amide bonds. The molecule has 0 heterocycles. The Labute approximate surface area is 161 Å². The number of benzene rings is 1. The Bertz CT molecular complexity index is 492. The Morgan fingerprint density at radius 1 is 1.17 bits per heavy atom. The molecule has 1 aromatic rings. The average Bonchev–Trinajstić information content (AvgIpc) is 2.57. The van der Waals surface area contributed by atoms with Crippen LogP contribution in [-0.4, -0.2) is 38.7 Å². The summed E-state index contributed by atoms with van der Waals surface area (Å²) in [6.45, 7) is 5.20. The lowest BCUT2D eigenvalue weighted by Crippen LogP contribution is -2.37. The quantitative estimate of drug-likeness (QED) is 0.222. The number of rotatable bonds is 10. The fourth-order valence-electron chi connectivity index (χ4n) is 1.92. The standard InChI is InChI=1S/C17H28N4O2.HI/c1-3-4-11-23-12-5-10-20-17(19-2)21-13-14-6-8-15(9-7-14)16(18)22;/h6-9H,3-5,10-13H2,1-2H3,(H2,18,22)(H2,19,20,21);1H. The summed E-state index contributed by atoms with van der Waals surface area (Å²) in [5.74, 6) is 0.334. The van der Waals surface area contributed by atoms with E-state index in [9.17, 15) is 4.79 Å². The molecule has 6 nitrogen and oxygen atoms in total. The van der Waals surface area contributed by atoms with Gasteiger partial charge in [-0.25, -0.2) is 0 Å². The Morgan fingerprint density at radius 3 is 2.42 bits per heavy atom. The first kappa shape index (κ1) is 22.6. The van der Waals surface area contributed by atoms with E-state index in [0.717, 1.165) is 50.5 Å². The van der Waals surface area contributed by atoms with Crippen LogP contribution in [0.15, 0.2) is 29.3 Å². The molecule has 0 aromatic heterocycles. The number of hydrogen-bond acceptors (Lipinski definition) is 3. The van der Waals surface area contributed by atoms with Gasteiger partial charge >= 0.3 is 0 Å². The number of amides is 1. The van der Waals surface area contributed by atoms with Gasteiger partial charge in [-0.15, -0.1) is 24.0 Å². The number of nitrogens with two attached hydrogens (primary N) is 1. The molecule has 7 heteroatoms. The van der Waals surface area contributed by atoms with Gasteiger partial charge in [0, 0.05) is 38.9 Å². The van der Waals surface area contributed by atoms with Crippen LogP contribution in [0.3, 0.4) is 0 Å². The molecule has 0 unspecified atom stereocenters. The summed E-state index contributed by atoms with van der Waals surface area (Å²) in [7, 11) is 1.74. The van der Waals surface area contributed by atoms with Gasteiger partial charge in [-0.1, -0.05) is 25.5 Å². The number of nitrogens with one attached hydrogen (secondary N) is 2. The molecule has 24 heavy (non-hydrogen) atoms. The van der Waals surface area contributed by atoms with E-state index in [2.05, 4.69) is 22.5 Å². The second kappa shape index (κ2) is 14.0. The molecule has 4 N–H and O–H groups in total. The number of hydrogen-bond donors (Lipinski definition) is 3. The van der Waals surface area contributed by atoms with Crippen LogP contribution in [0.25, 0.3) is 0 Å². The van der Waals surface area contributed by atoms with E-state index in [4.69, 9.17) is 10.5 Å². The Hall–Kier alpha value is -1.35. The average molecular weight is 448 g/mol. The van der Waals surface area contributed by atoms with Crippen LogP contribution < -0.4 is 16.4 Å². The van der Waals surface area contributed by atoms with E-state index in [-0.39, 0.29) is 24.0 Å². The Balaban J connectivity index is 0.00000529. The third-order valence-corrected chi connectivity index (χ3v) is 3.32. The zero-order valence-electron chi connectivity index (χ0n) is 14.5. The normalized spacial score (nSPS) is 10.8. The molecule has 0 saturated heterocycles. The summed E-state index contributed by atoms with van der Waals surface area (Å²) in [5, 5.41) is 6.47. The highest BCUT2D eigenvalue weighted by atomic mass is 127. The molecule has 0 spiro atoms. The predicted molar refractivity (Wildman–Crippen MR) is 109 cm³/mol. The largest absolute Gasteiger partial charge is 0.381 e. The van der Waals surface area contributed by atoms with Crippen LogP contribution in [0.5, 0.6) is 0 Å². The minimum atomic E-state index is -0.414. The van der Waals surface area contributed by atoms with Crippen LogP contribution in [0.1, 0.15) is 42.1 Å². The molecule has 0 aliphatic heterocycles. The minimum absolute atomic E-state index is 0. The third-order valence-electron chi connectivity index (χ3n) is 3.32. The van der Waals surface area contributed by atoms with E-state index in [1.165, 1.54) is 0 Å². The van der Waals surface area contributed by atoms with Gasteiger partial charge in [-0.3, -0.25) is 9.79 Å². The molecule has 1 aromatic carbocycles. The number of nitrogens with zero attached hydrogens (tertiary/aromatic N) is 1. The number of unbranched alkanes of at least 4 members (excludes halogenated alkanes) is 1. The van der Waals surface area contributed by atoms with Crippen LogP contribution in [-0.2, 0) is 11.3 Å². The van der Waals surface area contributed by atoms with Gasteiger partial charge in [0.1, 0.15) is 0 Å². The Kier molecular flexibility index (Phi) is 13.2. The SMILES string of the molecule is CCCCOCCCNC(=NC)NCc1ccc(C(N)=O)cc1.I. The number of aliphatic imine (C=N–C) groups is 1. The first-order valence-electron chi connectivity index (χ1n) is 8.08. The maximum Gasteiger partial charge on any atom is 0.248 e. The monoisotopic (exact) mass is 448 g/mol. The number of primary amides is 1. The lowest BCUT2D eigenvalue weighted by molar-refractivity contribution is 0.100. The first-order valence-corrected chi connectivity index (χ1v) is 8.08. The van der Waals surface area contributed by atoms with Crippen molar-refractivity contribution in [3.63, 3.8) is 0 Å². The first-order chi connectivity index (χ1) is 11.2. The molecule has 136 valence electrons. The lowest BCUT2D eigenvalue weighted by Gasteiger charge is -2.12. The van der Waals surface area contributed by atoms with Crippen molar-refractivity contribution in [2.45, 2.75) is 32.7 Å². The highest BCUT2D eigenvalue weighted by Gasteiger charge is 2.01. The smallest absolute Gasteiger partial charge is 0.248 e. The zero-order chi connectivity index (χ0) is 16.9. The second-order valence-corrected chi connectivity index (χ2v) is 5.23. The van der Waals surface area contributed by atoms with Crippen LogP contribution in [0, 0.1) is 0 Å². The number of guanidine groups is 1. The van der Waals surface area contributed by atoms with Crippen molar-refractivity contribution in [2.24, 2.45) is 10.7 Å². The van der Waals surface area contributed by atoms with Gasteiger partial charge in [0.25, 0.3) is 0 Å². The molecular weight excluding hydrogens is 419 g/mol. The topological polar surface area (TPSA) is 88.7 Å². The highest BCUT2D eigenvalue weighted by Crippen LogP contribution is 2.03. The summed E-state index contributed by atoms with van der Waals surface area (Å²) in [6, 6.07) is 7.20. The van der Waals surface area contributed by atoms with Gasteiger partial charge in [-0.05, 0) is 30.5 Å². The van der Waals surface area contributed by atoms with E-state index >= 15 is 0 Å². The maximum atomic E-state index is 11.0. The molecule has 0 atom stereocenters. The molecule has 0 saturated carbocycles. The minimum Gasteiger partial charge on any atom is -0.381 e. The molecular formula is C17H29IN4O2. The summed E-state index contributed by atoms with van der Waals surface area (Å²) in [4.78, 5) is 15.2. The van der Waals surface area contributed by atoms with Crippen LogP contribution in [0.2, 0.25) is 0 Å². The van der Waals surface area contributed by atoms with E-state index in [0.29, 0.717) is 12.1 Å². The van der Waals surface area contributed by atoms with Crippen molar-refractivity contribution in [3.8, 4) is 0 Å². The Morgan fingerprint density at radius 2 is 1.83 bits per heavy atom. The number of carbonyl (C=O) groups is 1. The molecule has 0 aliphatic carbocycles. The van der Waals surface area contributed by atoms with Gasteiger partial charge in [0.15, 0.2) is 5.96 Å². The van der Waals surface area contributed by atoms with Crippen molar-refractivity contribution in [1.29, 1.82) is 0 Å². The summed E-state index contributed by atoms with van der Waals surface area (Å²) in [6.07, 6.45) is 3.22. The van der Waals surface area contributed by atoms with Crippen LogP contribution in [0.4, 0.5) is 0 Å². The third kappa shape index (κ3) is 9.71. The molecule has 0 radical (unpaired) electrons. The van der Waals surface area contributed by atoms with E-state index in [1.54, 1.807) is 19.2 Å².